The van der Waals surface area contributed by atoms with Crippen molar-refractivity contribution in [2.75, 3.05) is 38.2 Å². The van der Waals surface area contributed by atoms with E-state index < -0.39 is 5.97 Å². The molecule has 0 N–H and O–H groups in total. The Morgan fingerprint density at radius 1 is 1.03 bits per heavy atom. The molecule has 0 amide bonds. The molecule has 4 aliphatic rings. The van der Waals surface area contributed by atoms with Crippen LogP contribution in [-0.2, 0) is 9.53 Å². The van der Waals surface area contributed by atoms with Crippen LogP contribution in [0.4, 0.5) is 5.69 Å². The molecule has 7 nitrogen and oxygen atoms in total. The molecule has 0 spiro atoms. The summed E-state index contributed by atoms with van der Waals surface area (Å²) in [5.41, 5.74) is 4.14. The van der Waals surface area contributed by atoms with Gasteiger partial charge in [0.1, 0.15) is 11.3 Å². The van der Waals surface area contributed by atoms with Crippen molar-refractivity contribution >= 4 is 28.6 Å². The number of carbonyl (C=O) groups excluding carboxylic acids is 2. The molecule has 2 aromatic rings. The molecule has 0 saturated carbocycles. The number of methoxy groups -OCH3 is 1. The largest absolute Gasteiger partial charge is 0.545 e. The number of carbonyl (C=O) groups is 2. The van der Waals surface area contributed by atoms with Crippen molar-refractivity contribution < 1.29 is 23.8 Å². The number of aromatic carboxylic acids is 1. The lowest BCUT2D eigenvalue weighted by molar-refractivity contribution is -0.254. The molecule has 2 fully saturated rings. The van der Waals surface area contributed by atoms with Gasteiger partial charge in [-0.1, -0.05) is 24.3 Å². The summed E-state index contributed by atoms with van der Waals surface area (Å²) in [7, 11) is 1.41. The number of anilines is 1. The zero-order valence-electron chi connectivity index (χ0n) is 19.3. The monoisotopic (exact) mass is 468 g/mol. The van der Waals surface area contributed by atoms with Gasteiger partial charge in [0.05, 0.1) is 19.1 Å². The van der Waals surface area contributed by atoms with Crippen molar-refractivity contribution in [2.24, 2.45) is 5.92 Å². The van der Waals surface area contributed by atoms with Crippen LogP contribution >= 0.6 is 0 Å². The fourth-order valence-corrected chi connectivity index (χ4v) is 5.01. The number of rotatable bonds is 4. The summed E-state index contributed by atoms with van der Waals surface area (Å²) in [5, 5.41) is 13.8. The van der Waals surface area contributed by atoms with Crippen LogP contribution in [0.3, 0.4) is 0 Å². The van der Waals surface area contributed by atoms with E-state index in [0.29, 0.717) is 30.0 Å². The Morgan fingerprint density at radius 3 is 2.54 bits per heavy atom. The third kappa shape index (κ3) is 3.55. The maximum absolute atomic E-state index is 12.0. The first-order valence-electron chi connectivity index (χ1n) is 11.8. The molecule has 0 unspecified atom stereocenters. The molecular formula is C28H24N2O5. The Kier molecular flexibility index (Phi) is 5.06. The third-order valence-electron chi connectivity index (χ3n) is 7.11. The summed E-state index contributed by atoms with van der Waals surface area (Å²) in [6, 6.07) is 18.9. The van der Waals surface area contributed by atoms with E-state index in [4.69, 9.17) is 9.15 Å². The number of benzene rings is 3. The molecule has 7 heteroatoms. The van der Waals surface area contributed by atoms with Crippen LogP contribution in [-0.4, -0.2) is 45.2 Å². The van der Waals surface area contributed by atoms with E-state index in [9.17, 15) is 14.7 Å². The molecule has 6 rings (SSSR count). The molecule has 0 radical (unpaired) electrons. The fraction of sp³-hybridized carbons (Fsp3) is 0.250. The average molecular weight is 469 g/mol. The van der Waals surface area contributed by atoms with E-state index in [0.717, 1.165) is 40.6 Å². The molecule has 176 valence electrons. The first kappa shape index (κ1) is 21.4. The van der Waals surface area contributed by atoms with Crippen LogP contribution in [0.1, 0.15) is 16.8 Å². The number of fused-ring (bicyclic) bond motifs is 2. The molecule has 3 aliphatic heterocycles. The highest BCUT2D eigenvalue weighted by molar-refractivity contribution is 6.07. The number of carboxylic acids is 1. The molecule has 35 heavy (non-hydrogen) atoms. The van der Waals surface area contributed by atoms with Gasteiger partial charge in [-0.15, -0.1) is 0 Å². The average Bonchev–Trinajstić information content (AvgIpc) is 2.80. The Hall–Kier alpha value is -4.13. The van der Waals surface area contributed by atoms with Gasteiger partial charge in [0, 0.05) is 53.0 Å². The molecule has 0 bridgehead atoms. The summed E-state index contributed by atoms with van der Waals surface area (Å²) >= 11 is 0. The summed E-state index contributed by atoms with van der Waals surface area (Å²) in [6.07, 6.45) is 1.17. The van der Waals surface area contributed by atoms with Gasteiger partial charge in [-0.3, -0.25) is 4.79 Å². The zero-order valence-corrected chi connectivity index (χ0v) is 19.3. The quantitative estimate of drug-likeness (QED) is 0.260. The second-order valence-electron chi connectivity index (χ2n) is 9.14. The second kappa shape index (κ2) is 8.27. The Bertz CT molecular complexity index is 1520. The smallest absolute Gasteiger partial charge is 0.321 e. The van der Waals surface area contributed by atoms with Gasteiger partial charge in [-0.05, 0) is 30.2 Å². The topological polar surface area (TPSA) is 85.8 Å². The number of hydrogen-bond donors (Lipinski definition) is 0. The zero-order chi connectivity index (χ0) is 24.1. The maximum atomic E-state index is 12.0. The van der Waals surface area contributed by atoms with Gasteiger partial charge < -0.3 is 24.0 Å². The standard InChI is InChI=1S/C28H24N2O5/c1-34-28(33)17-15-30(16-17)19-8-10-23-25(14-19)35-24-13-18(29-11-4-12-29)7-9-22(24)26(23)20-5-2-3-6-21(20)27(31)32/h2-3,5-10,13-14,17H,4,11-12,15-16H2,1H3. The van der Waals surface area contributed by atoms with E-state index >= 15 is 0 Å². The highest BCUT2D eigenvalue weighted by atomic mass is 16.5. The number of esters is 1. The van der Waals surface area contributed by atoms with E-state index in [-0.39, 0.29) is 17.5 Å². The number of carboxylic acid groups (broad SMARTS) is 1. The predicted molar refractivity (Wildman–Crippen MR) is 130 cm³/mol. The molecule has 3 heterocycles. The number of nitrogens with zero attached hydrogens (tertiary/aromatic N) is 2. The molecule has 2 saturated heterocycles. The Morgan fingerprint density at radius 2 is 1.83 bits per heavy atom. The van der Waals surface area contributed by atoms with Crippen molar-refractivity contribution in [3.63, 3.8) is 0 Å². The van der Waals surface area contributed by atoms with Gasteiger partial charge in [0.2, 0.25) is 5.36 Å². The van der Waals surface area contributed by atoms with Gasteiger partial charge >= 0.3 is 5.97 Å². The summed E-state index contributed by atoms with van der Waals surface area (Å²) in [6.45, 7) is 3.20. The van der Waals surface area contributed by atoms with E-state index in [1.165, 1.54) is 13.5 Å². The van der Waals surface area contributed by atoms with Gasteiger partial charge in [-0.2, -0.15) is 0 Å². The number of ether oxygens (including phenoxy) is 1. The van der Waals surface area contributed by atoms with Crippen LogP contribution < -0.4 is 19.9 Å². The molecule has 1 aliphatic carbocycles. The van der Waals surface area contributed by atoms with E-state index in [2.05, 4.69) is 15.5 Å². The van der Waals surface area contributed by atoms with Crippen molar-refractivity contribution in [1.82, 2.24) is 4.58 Å². The minimum absolute atomic E-state index is 0.131. The van der Waals surface area contributed by atoms with Crippen LogP contribution in [0.25, 0.3) is 33.4 Å². The van der Waals surface area contributed by atoms with Crippen LogP contribution in [0.15, 0.2) is 65.1 Å². The molecule has 0 aromatic heterocycles. The van der Waals surface area contributed by atoms with Crippen molar-refractivity contribution in [2.45, 2.75) is 6.42 Å². The normalized spacial score (nSPS) is 17.2. The van der Waals surface area contributed by atoms with Crippen LogP contribution in [0.2, 0.25) is 0 Å². The van der Waals surface area contributed by atoms with Gasteiger partial charge in [0.25, 0.3) is 0 Å². The van der Waals surface area contributed by atoms with Crippen LogP contribution in [0.5, 0.6) is 0 Å². The highest BCUT2D eigenvalue weighted by Crippen LogP contribution is 2.42. The lowest BCUT2D eigenvalue weighted by atomic mass is 9.90. The Labute approximate surface area is 201 Å². The van der Waals surface area contributed by atoms with Crippen LogP contribution in [0, 0.1) is 5.92 Å². The van der Waals surface area contributed by atoms with Crippen molar-refractivity contribution in [1.29, 1.82) is 0 Å². The van der Waals surface area contributed by atoms with Gasteiger partial charge in [-0.25, -0.2) is 4.58 Å². The summed E-state index contributed by atoms with van der Waals surface area (Å²) < 4.78 is 13.4. The first-order valence-corrected chi connectivity index (χ1v) is 11.8. The molecular weight excluding hydrogens is 444 g/mol. The molecule has 0 atom stereocenters. The number of hydrogen-bond acceptors (Lipinski definition) is 6. The molecule has 2 aromatic carbocycles. The van der Waals surface area contributed by atoms with E-state index in [1.807, 2.05) is 42.5 Å². The summed E-state index contributed by atoms with van der Waals surface area (Å²) in [4.78, 5) is 26.1. The predicted octanol–water partition coefficient (Wildman–Crippen LogP) is 2.35. The minimum Gasteiger partial charge on any atom is -0.545 e. The van der Waals surface area contributed by atoms with Crippen molar-refractivity contribution in [3.05, 3.63) is 71.6 Å². The SMILES string of the molecule is COC(=O)C1C[N+](=c2ccc3c(-c4ccccc4C(=O)[O-])c4ccc(N5CCC5)cc4oc-3c2)C1. The fourth-order valence-electron chi connectivity index (χ4n) is 5.01. The van der Waals surface area contributed by atoms with E-state index in [1.54, 1.807) is 12.1 Å². The Balaban J connectivity index is 1.58. The summed E-state index contributed by atoms with van der Waals surface area (Å²) in [5.74, 6) is -0.891. The maximum Gasteiger partial charge on any atom is 0.321 e. The van der Waals surface area contributed by atoms with Crippen molar-refractivity contribution in [3.8, 4) is 22.5 Å². The van der Waals surface area contributed by atoms with Gasteiger partial charge in [0.15, 0.2) is 19.0 Å². The minimum atomic E-state index is -1.22. The first-order chi connectivity index (χ1) is 17.0. The lowest BCUT2D eigenvalue weighted by Gasteiger charge is -2.33. The second-order valence-corrected chi connectivity index (χ2v) is 9.14. The highest BCUT2D eigenvalue weighted by Gasteiger charge is 2.38. The third-order valence-corrected chi connectivity index (χ3v) is 7.11. The lowest BCUT2D eigenvalue weighted by Crippen LogP contribution is -2.52.